The molecule has 0 amide bonds. The van der Waals surface area contributed by atoms with E-state index >= 15 is 0 Å². The van der Waals surface area contributed by atoms with E-state index in [4.69, 9.17) is 4.74 Å². The summed E-state index contributed by atoms with van der Waals surface area (Å²) in [7, 11) is 1.64. The van der Waals surface area contributed by atoms with Crippen LogP contribution in [0.2, 0.25) is 0 Å². The Kier molecular flexibility index (Phi) is 5.17. The first kappa shape index (κ1) is 15.3. The lowest BCUT2D eigenvalue weighted by Gasteiger charge is -2.17. The van der Waals surface area contributed by atoms with Crippen molar-refractivity contribution in [3.63, 3.8) is 0 Å². The summed E-state index contributed by atoms with van der Waals surface area (Å²) in [4.78, 5) is 12.2. The van der Waals surface area contributed by atoms with Crippen molar-refractivity contribution in [1.29, 1.82) is 0 Å². The number of rotatable bonds is 6. The zero-order valence-corrected chi connectivity index (χ0v) is 12.8. The molecule has 1 unspecified atom stereocenters. The van der Waals surface area contributed by atoms with Gasteiger partial charge in [-0.1, -0.05) is 30.3 Å². The van der Waals surface area contributed by atoms with Crippen molar-refractivity contribution in [1.82, 2.24) is 4.57 Å². The van der Waals surface area contributed by atoms with Gasteiger partial charge in [-0.3, -0.25) is 4.79 Å². The van der Waals surface area contributed by atoms with Crippen LogP contribution in [0.3, 0.4) is 0 Å². The summed E-state index contributed by atoms with van der Waals surface area (Å²) >= 11 is 0. The Morgan fingerprint density at radius 1 is 1.24 bits per heavy atom. The van der Waals surface area contributed by atoms with E-state index < -0.39 is 0 Å². The zero-order valence-electron chi connectivity index (χ0n) is 12.8. The maximum absolute atomic E-state index is 12.2. The molecule has 4 heteroatoms. The molecule has 0 radical (unpaired) electrons. The lowest BCUT2D eigenvalue weighted by atomic mass is 10.1. The van der Waals surface area contributed by atoms with Crippen molar-refractivity contribution < 1.29 is 4.74 Å². The highest BCUT2D eigenvalue weighted by Gasteiger charge is 2.07. The second-order valence-electron chi connectivity index (χ2n) is 5.14. The highest BCUT2D eigenvalue weighted by atomic mass is 16.5. The van der Waals surface area contributed by atoms with Gasteiger partial charge in [0.05, 0.1) is 6.61 Å². The highest BCUT2D eigenvalue weighted by Crippen LogP contribution is 2.18. The summed E-state index contributed by atoms with van der Waals surface area (Å²) in [5, 5.41) is 3.38. The van der Waals surface area contributed by atoms with E-state index in [1.54, 1.807) is 17.7 Å². The second kappa shape index (κ2) is 7.09. The normalized spacial score (nSPS) is 12.1. The molecule has 0 saturated heterocycles. The third-order valence-corrected chi connectivity index (χ3v) is 3.54. The Balaban J connectivity index is 2.16. The molecule has 0 spiro atoms. The number of hydrogen-bond acceptors (Lipinski definition) is 3. The third kappa shape index (κ3) is 3.95. The van der Waals surface area contributed by atoms with E-state index in [0.29, 0.717) is 13.2 Å². The molecular weight excluding hydrogens is 264 g/mol. The molecule has 112 valence electrons. The number of methoxy groups -OCH3 is 1. The first-order chi connectivity index (χ1) is 10.1. The number of nitrogens with one attached hydrogen (secondary N) is 1. The van der Waals surface area contributed by atoms with Crippen LogP contribution >= 0.6 is 0 Å². The largest absolute Gasteiger partial charge is 0.383 e. The van der Waals surface area contributed by atoms with E-state index in [9.17, 15) is 4.79 Å². The molecule has 0 fully saturated rings. The Morgan fingerprint density at radius 3 is 2.57 bits per heavy atom. The zero-order chi connectivity index (χ0) is 15.2. The van der Waals surface area contributed by atoms with Crippen LogP contribution in [0.25, 0.3) is 0 Å². The lowest BCUT2D eigenvalue weighted by molar-refractivity contribution is 0.185. The predicted molar refractivity (Wildman–Crippen MR) is 85.8 cm³/mol. The molecule has 1 heterocycles. The first-order valence-electron chi connectivity index (χ1n) is 7.13. The van der Waals surface area contributed by atoms with Crippen molar-refractivity contribution in [3.05, 3.63) is 64.1 Å². The van der Waals surface area contributed by atoms with Crippen LogP contribution in [0.5, 0.6) is 0 Å². The minimum Gasteiger partial charge on any atom is -0.383 e. The van der Waals surface area contributed by atoms with Crippen LogP contribution in [0.15, 0.2) is 47.3 Å². The van der Waals surface area contributed by atoms with E-state index in [0.717, 1.165) is 11.4 Å². The molecule has 1 aromatic heterocycles. The quantitative estimate of drug-likeness (QED) is 0.888. The first-order valence-corrected chi connectivity index (χ1v) is 7.13. The molecule has 1 aromatic carbocycles. The second-order valence-corrected chi connectivity index (χ2v) is 5.14. The van der Waals surface area contributed by atoms with Gasteiger partial charge >= 0.3 is 0 Å². The van der Waals surface area contributed by atoms with Gasteiger partial charge in [-0.05, 0) is 25.5 Å². The number of aryl methyl sites for hydroxylation is 1. The molecule has 21 heavy (non-hydrogen) atoms. The topological polar surface area (TPSA) is 43.3 Å². The lowest BCUT2D eigenvalue weighted by Crippen LogP contribution is -2.24. The molecule has 2 rings (SSSR count). The Labute approximate surface area is 125 Å². The van der Waals surface area contributed by atoms with Gasteiger partial charge in [-0.25, -0.2) is 0 Å². The Bertz CT molecular complexity index is 635. The van der Waals surface area contributed by atoms with Crippen LogP contribution < -0.4 is 10.9 Å². The van der Waals surface area contributed by atoms with Crippen LogP contribution in [0.1, 0.15) is 24.2 Å². The van der Waals surface area contributed by atoms with Crippen molar-refractivity contribution in [2.45, 2.75) is 26.4 Å². The van der Waals surface area contributed by atoms with E-state index in [2.05, 4.69) is 24.4 Å². The number of nitrogens with zero attached hydrogens (tertiary/aromatic N) is 1. The molecule has 1 atom stereocenters. The highest BCUT2D eigenvalue weighted by molar-refractivity contribution is 5.45. The summed E-state index contributed by atoms with van der Waals surface area (Å²) in [6, 6.07) is 14.0. The smallest absolute Gasteiger partial charge is 0.252 e. The van der Waals surface area contributed by atoms with E-state index in [-0.39, 0.29) is 11.6 Å². The SMILES string of the molecule is COCCn1c(C)cc(NC(C)c2ccccc2)cc1=O. The van der Waals surface area contributed by atoms with E-state index in [1.165, 1.54) is 5.56 Å². The fourth-order valence-electron chi connectivity index (χ4n) is 2.36. The maximum Gasteiger partial charge on any atom is 0.252 e. The standard InChI is InChI=1S/C17H22N2O2/c1-13-11-16(12-17(20)19(13)9-10-21-3)18-14(2)15-7-5-4-6-8-15/h4-8,11-12,14,18H,9-10H2,1-3H3. The molecule has 2 aromatic rings. The van der Waals surface area contributed by atoms with Crippen LogP contribution in [0.4, 0.5) is 5.69 Å². The fourth-order valence-corrected chi connectivity index (χ4v) is 2.36. The number of aromatic nitrogens is 1. The monoisotopic (exact) mass is 286 g/mol. The molecule has 0 saturated carbocycles. The van der Waals surface area contributed by atoms with Crippen LogP contribution in [0, 0.1) is 6.92 Å². The summed E-state index contributed by atoms with van der Waals surface area (Å²) in [5.74, 6) is 0. The maximum atomic E-state index is 12.2. The van der Waals surface area contributed by atoms with Gasteiger partial charge in [0.25, 0.3) is 5.56 Å². The minimum atomic E-state index is -0.00480. The van der Waals surface area contributed by atoms with E-state index in [1.807, 2.05) is 31.2 Å². The predicted octanol–water partition coefficient (Wildman–Crippen LogP) is 2.98. The number of ether oxygens (including phenoxy) is 1. The van der Waals surface area contributed by atoms with Gasteiger partial charge in [-0.2, -0.15) is 0 Å². The third-order valence-electron chi connectivity index (χ3n) is 3.54. The average Bonchev–Trinajstić information content (AvgIpc) is 2.47. The van der Waals surface area contributed by atoms with Gasteiger partial charge in [0.2, 0.25) is 0 Å². The minimum absolute atomic E-state index is 0.00480. The summed E-state index contributed by atoms with van der Waals surface area (Å²) in [5.41, 5.74) is 2.97. The molecule has 1 N–H and O–H groups in total. The van der Waals surface area contributed by atoms with Gasteiger partial charge in [0.15, 0.2) is 0 Å². The number of benzene rings is 1. The van der Waals surface area contributed by atoms with Gasteiger partial charge in [0, 0.05) is 37.1 Å². The van der Waals surface area contributed by atoms with Crippen molar-refractivity contribution in [3.8, 4) is 0 Å². The Hall–Kier alpha value is -2.07. The Morgan fingerprint density at radius 2 is 1.95 bits per heavy atom. The molecule has 0 aliphatic carbocycles. The molecule has 4 nitrogen and oxygen atoms in total. The van der Waals surface area contributed by atoms with Crippen LogP contribution in [-0.4, -0.2) is 18.3 Å². The molecule has 0 aliphatic rings. The van der Waals surface area contributed by atoms with Crippen molar-refractivity contribution in [2.24, 2.45) is 0 Å². The number of anilines is 1. The van der Waals surface area contributed by atoms with Crippen molar-refractivity contribution >= 4 is 5.69 Å². The number of hydrogen-bond donors (Lipinski definition) is 1. The van der Waals surface area contributed by atoms with Gasteiger partial charge < -0.3 is 14.6 Å². The molecule has 0 aliphatic heterocycles. The van der Waals surface area contributed by atoms with Crippen LogP contribution in [-0.2, 0) is 11.3 Å². The van der Waals surface area contributed by atoms with Gasteiger partial charge in [-0.15, -0.1) is 0 Å². The average molecular weight is 286 g/mol. The summed E-state index contributed by atoms with van der Waals surface area (Å²) < 4.78 is 6.76. The summed E-state index contributed by atoms with van der Waals surface area (Å²) in [6.45, 7) is 5.14. The van der Waals surface area contributed by atoms with Gasteiger partial charge in [0.1, 0.15) is 0 Å². The molecule has 0 bridgehead atoms. The molecular formula is C17H22N2O2. The number of pyridine rings is 1. The van der Waals surface area contributed by atoms with Crippen molar-refractivity contribution in [2.75, 3.05) is 19.0 Å². The summed E-state index contributed by atoms with van der Waals surface area (Å²) in [6.07, 6.45) is 0. The fraction of sp³-hybridized carbons (Fsp3) is 0.353.